The molecule has 0 spiro atoms. The van der Waals surface area contributed by atoms with E-state index in [1.165, 1.54) is 122 Å². The Morgan fingerprint density at radius 1 is 0.553 bits per heavy atom. The first kappa shape index (κ1) is 44.9. The highest BCUT2D eigenvalue weighted by molar-refractivity contribution is 5.80. The number of esters is 1. The van der Waals surface area contributed by atoms with E-state index < -0.39 is 5.97 Å². The van der Waals surface area contributed by atoms with Gasteiger partial charge in [-0.25, -0.2) is 0 Å². The maximum atomic E-state index is 12.5. The minimum Gasteiger partial charge on any atom is -0.480 e. The molecule has 6 heteroatoms. The van der Waals surface area contributed by atoms with Gasteiger partial charge in [-0.2, -0.15) is 0 Å². The molecule has 0 fully saturated rings. The number of carboxylic acid groups (broad SMARTS) is 1. The highest BCUT2D eigenvalue weighted by atomic mass is 16.5. The second-order valence-corrected chi connectivity index (χ2v) is 13.5. The second-order valence-electron chi connectivity index (χ2n) is 13.5. The fourth-order valence-electron chi connectivity index (χ4n) is 5.84. The summed E-state index contributed by atoms with van der Waals surface area (Å²) in [5.41, 5.74) is 0. The first-order valence-electron chi connectivity index (χ1n) is 20.0. The van der Waals surface area contributed by atoms with Crippen molar-refractivity contribution in [3.63, 3.8) is 0 Å². The molecule has 1 unspecified atom stereocenters. The molecule has 6 nitrogen and oxygen atoms in total. The zero-order chi connectivity index (χ0) is 34.5. The summed E-state index contributed by atoms with van der Waals surface area (Å²) >= 11 is 0. The molecule has 1 amide bonds. The van der Waals surface area contributed by atoms with E-state index in [2.05, 4.69) is 37.4 Å². The van der Waals surface area contributed by atoms with E-state index in [1.54, 1.807) is 0 Å². The van der Waals surface area contributed by atoms with Crippen LogP contribution in [0.5, 0.6) is 0 Å². The van der Waals surface area contributed by atoms with Crippen molar-refractivity contribution in [3.05, 3.63) is 24.3 Å². The summed E-state index contributed by atoms with van der Waals surface area (Å²) < 4.78 is 5.80. The van der Waals surface area contributed by atoms with Gasteiger partial charge in [-0.15, -0.1) is 0 Å². The Morgan fingerprint density at radius 2 is 1.02 bits per heavy atom. The number of nitrogens with one attached hydrogen (secondary N) is 1. The molecule has 0 aromatic carbocycles. The molecular formula is C41H75NO5. The zero-order valence-electron chi connectivity index (χ0n) is 30.9. The van der Waals surface area contributed by atoms with Gasteiger partial charge in [0.25, 0.3) is 0 Å². The summed E-state index contributed by atoms with van der Waals surface area (Å²) in [5, 5.41) is 11.0. The van der Waals surface area contributed by atoms with Crippen molar-refractivity contribution < 1.29 is 24.2 Å². The summed E-state index contributed by atoms with van der Waals surface area (Å²) in [4.78, 5) is 34.6. The van der Waals surface area contributed by atoms with Gasteiger partial charge in [0.15, 0.2) is 0 Å². The summed E-state index contributed by atoms with van der Waals surface area (Å²) in [6.07, 6.45) is 43.7. The maximum absolute atomic E-state index is 12.5. The molecule has 0 aliphatic heterocycles. The fourth-order valence-corrected chi connectivity index (χ4v) is 5.84. The van der Waals surface area contributed by atoms with E-state index in [0.717, 1.165) is 57.8 Å². The first-order chi connectivity index (χ1) is 23.0. The van der Waals surface area contributed by atoms with Crippen LogP contribution in [0.15, 0.2) is 24.3 Å². The fraction of sp³-hybridized carbons (Fsp3) is 0.829. The molecule has 2 N–H and O–H groups in total. The Labute approximate surface area is 290 Å². The standard InChI is InChI=1S/C41H75NO5/c1-3-5-7-8-9-10-11-12-13-14-15-16-17-18-19-20-21-22-23-24-25-26-32-36-41(46)47-38(33-29-6-4-2)34-30-27-28-31-35-39(43)42-37-40(44)45/h14-15,29,33,38H,3-13,16-28,30-32,34-37H2,1-2H3,(H,42,43)(H,44,45)/b15-14-,33-29-. The predicted octanol–water partition coefficient (Wildman–Crippen LogP) is 12.0. The number of carboxylic acids is 1. The van der Waals surface area contributed by atoms with Gasteiger partial charge in [-0.1, -0.05) is 154 Å². The number of aliphatic carboxylic acids is 1. The van der Waals surface area contributed by atoms with Gasteiger partial charge in [0, 0.05) is 12.8 Å². The third-order valence-corrected chi connectivity index (χ3v) is 8.81. The first-order valence-corrected chi connectivity index (χ1v) is 20.0. The summed E-state index contributed by atoms with van der Waals surface area (Å²) in [6, 6.07) is 0. The quantitative estimate of drug-likeness (QED) is 0.0396. The van der Waals surface area contributed by atoms with Gasteiger partial charge < -0.3 is 15.2 Å². The Hall–Kier alpha value is -2.11. The number of hydrogen-bond acceptors (Lipinski definition) is 4. The molecule has 0 saturated carbocycles. The van der Waals surface area contributed by atoms with Crippen LogP contribution in [-0.2, 0) is 19.1 Å². The van der Waals surface area contributed by atoms with Crippen LogP contribution in [-0.4, -0.2) is 35.6 Å². The minimum atomic E-state index is -1.03. The highest BCUT2D eigenvalue weighted by Gasteiger charge is 2.12. The molecule has 0 radical (unpaired) electrons. The number of hydrogen-bond donors (Lipinski definition) is 2. The molecule has 0 aromatic rings. The van der Waals surface area contributed by atoms with Crippen molar-refractivity contribution in [2.75, 3.05) is 6.54 Å². The molecule has 274 valence electrons. The lowest BCUT2D eigenvalue weighted by atomic mass is 10.0. The third kappa shape index (κ3) is 36.6. The van der Waals surface area contributed by atoms with Gasteiger partial charge in [0.2, 0.25) is 5.91 Å². The van der Waals surface area contributed by atoms with Crippen molar-refractivity contribution in [1.29, 1.82) is 0 Å². The number of carbonyl (C=O) groups is 3. The highest BCUT2D eigenvalue weighted by Crippen LogP contribution is 2.16. The number of allylic oxidation sites excluding steroid dienone is 3. The van der Waals surface area contributed by atoms with Crippen LogP contribution in [0.1, 0.15) is 206 Å². The molecular weight excluding hydrogens is 586 g/mol. The van der Waals surface area contributed by atoms with Gasteiger partial charge in [0.1, 0.15) is 12.6 Å². The van der Waals surface area contributed by atoms with Crippen molar-refractivity contribution in [3.8, 4) is 0 Å². The number of unbranched alkanes of at least 4 members (excludes halogenated alkanes) is 23. The topological polar surface area (TPSA) is 92.7 Å². The Kier molecular flexibility index (Phi) is 35.1. The number of amides is 1. The lowest BCUT2D eigenvalue weighted by Gasteiger charge is -2.15. The van der Waals surface area contributed by atoms with E-state index >= 15 is 0 Å². The van der Waals surface area contributed by atoms with E-state index in [9.17, 15) is 14.4 Å². The molecule has 0 rings (SSSR count). The monoisotopic (exact) mass is 662 g/mol. The maximum Gasteiger partial charge on any atom is 0.322 e. The van der Waals surface area contributed by atoms with Crippen LogP contribution < -0.4 is 5.32 Å². The normalized spacial score (nSPS) is 12.2. The minimum absolute atomic E-state index is 0.0924. The van der Waals surface area contributed by atoms with Crippen LogP contribution in [0.3, 0.4) is 0 Å². The van der Waals surface area contributed by atoms with Crippen LogP contribution in [0.2, 0.25) is 0 Å². The average Bonchev–Trinajstić information content (AvgIpc) is 3.05. The lowest BCUT2D eigenvalue weighted by Crippen LogP contribution is -2.28. The predicted molar refractivity (Wildman–Crippen MR) is 199 cm³/mol. The van der Waals surface area contributed by atoms with Gasteiger partial charge >= 0.3 is 11.9 Å². The lowest BCUT2D eigenvalue weighted by molar-refractivity contribution is -0.147. The average molecular weight is 662 g/mol. The summed E-state index contributed by atoms with van der Waals surface area (Å²) in [5.74, 6) is -1.34. The summed E-state index contributed by atoms with van der Waals surface area (Å²) in [6.45, 7) is 4.09. The zero-order valence-corrected chi connectivity index (χ0v) is 30.9. The second kappa shape index (κ2) is 36.7. The molecule has 0 aliphatic carbocycles. The van der Waals surface area contributed by atoms with Gasteiger partial charge in [-0.05, 0) is 63.9 Å². The van der Waals surface area contributed by atoms with Crippen LogP contribution >= 0.6 is 0 Å². The summed E-state index contributed by atoms with van der Waals surface area (Å²) in [7, 11) is 0. The number of ether oxygens (including phenoxy) is 1. The molecule has 0 saturated heterocycles. The molecule has 0 heterocycles. The van der Waals surface area contributed by atoms with Crippen LogP contribution in [0.25, 0.3) is 0 Å². The van der Waals surface area contributed by atoms with E-state index in [0.29, 0.717) is 12.8 Å². The Balaban J connectivity index is 3.67. The Bertz CT molecular complexity index is 778. The van der Waals surface area contributed by atoms with Crippen LogP contribution in [0.4, 0.5) is 0 Å². The van der Waals surface area contributed by atoms with Crippen LogP contribution in [0, 0.1) is 0 Å². The number of rotatable bonds is 36. The number of carbonyl (C=O) groups excluding carboxylic acids is 2. The molecule has 0 bridgehead atoms. The van der Waals surface area contributed by atoms with Crippen molar-refractivity contribution in [2.24, 2.45) is 0 Å². The molecule has 0 aliphatic rings. The largest absolute Gasteiger partial charge is 0.480 e. The molecule has 47 heavy (non-hydrogen) atoms. The van der Waals surface area contributed by atoms with Crippen molar-refractivity contribution in [1.82, 2.24) is 5.32 Å². The SMILES string of the molecule is CCC/C=C\C(CCCCCCC(=O)NCC(=O)O)OC(=O)CCCCCCCCCCCCC/C=C\CCCCCCCCCC. The van der Waals surface area contributed by atoms with E-state index in [1.807, 2.05) is 6.08 Å². The smallest absolute Gasteiger partial charge is 0.322 e. The van der Waals surface area contributed by atoms with E-state index in [-0.39, 0.29) is 24.5 Å². The van der Waals surface area contributed by atoms with Gasteiger partial charge in [0.05, 0.1) is 0 Å². The van der Waals surface area contributed by atoms with Gasteiger partial charge in [-0.3, -0.25) is 14.4 Å². The Morgan fingerprint density at radius 3 is 1.53 bits per heavy atom. The van der Waals surface area contributed by atoms with Crippen molar-refractivity contribution in [2.45, 2.75) is 213 Å². The third-order valence-electron chi connectivity index (χ3n) is 8.81. The molecule has 1 atom stereocenters. The van der Waals surface area contributed by atoms with E-state index in [4.69, 9.17) is 9.84 Å². The van der Waals surface area contributed by atoms with Crippen molar-refractivity contribution >= 4 is 17.8 Å². The molecule has 0 aromatic heterocycles.